The number of thiazole rings is 1. The summed E-state index contributed by atoms with van der Waals surface area (Å²) in [5.74, 6) is -0.417. The van der Waals surface area contributed by atoms with E-state index in [1.807, 2.05) is 24.3 Å². The van der Waals surface area contributed by atoms with Crippen LogP contribution in [0.5, 0.6) is 0 Å². The summed E-state index contributed by atoms with van der Waals surface area (Å²) in [5, 5.41) is 6.11. The minimum Gasteiger partial charge on any atom is -0.347 e. The molecule has 1 aliphatic heterocycles. The highest BCUT2D eigenvalue weighted by Crippen LogP contribution is 2.39. The van der Waals surface area contributed by atoms with Gasteiger partial charge in [0.1, 0.15) is 5.15 Å². The molecule has 0 spiro atoms. The molecule has 8 heteroatoms. The van der Waals surface area contributed by atoms with Crippen LogP contribution < -0.4 is 10.6 Å². The van der Waals surface area contributed by atoms with E-state index in [0.29, 0.717) is 28.5 Å². The molecule has 3 aromatic rings. The maximum absolute atomic E-state index is 12.4. The number of halogens is 1. The number of carbonyl (C=O) groups excluding carboxylic acids is 2. The lowest BCUT2D eigenvalue weighted by Crippen LogP contribution is -2.22. The maximum Gasteiger partial charge on any atom is 0.256 e. The van der Waals surface area contributed by atoms with Crippen LogP contribution in [0.15, 0.2) is 57.8 Å². The molecule has 2 aromatic carbocycles. The summed E-state index contributed by atoms with van der Waals surface area (Å²) in [6.45, 7) is 0.311. The van der Waals surface area contributed by atoms with E-state index >= 15 is 0 Å². The number of fused-ring (bicyclic) bond motifs is 2. The lowest BCUT2D eigenvalue weighted by Gasteiger charge is -2.09. The van der Waals surface area contributed by atoms with Crippen molar-refractivity contribution in [1.82, 2.24) is 10.3 Å². The van der Waals surface area contributed by atoms with Crippen molar-refractivity contribution in [2.45, 2.75) is 16.3 Å². The molecule has 0 saturated carbocycles. The number of aromatic nitrogens is 1. The predicted molar refractivity (Wildman–Crippen MR) is 103 cm³/mol. The summed E-state index contributed by atoms with van der Waals surface area (Å²) < 4.78 is 0. The van der Waals surface area contributed by atoms with Gasteiger partial charge in [0.05, 0.1) is 28.2 Å². The van der Waals surface area contributed by atoms with Crippen LogP contribution in [-0.4, -0.2) is 16.8 Å². The molecule has 5 nitrogen and oxygen atoms in total. The summed E-state index contributed by atoms with van der Waals surface area (Å²) in [7, 11) is 0. The molecule has 0 bridgehead atoms. The van der Waals surface area contributed by atoms with Gasteiger partial charge in [-0.25, -0.2) is 4.98 Å². The van der Waals surface area contributed by atoms with Gasteiger partial charge in [0.25, 0.3) is 11.8 Å². The quantitative estimate of drug-likeness (QED) is 0.680. The zero-order valence-corrected chi connectivity index (χ0v) is 15.7. The van der Waals surface area contributed by atoms with E-state index in [9.17, 15) is 9.59 Å². The van der Waals surface area contributed by atoms with Gasteiger partial charge in [0, 0.05) is 15.4 Å². The highest BCUT2D eigenvalue weighted by atomic mass is 35.5. The van der Waals surface area contributed by atoms with Gasteiger partial charge in [-0.3, -0.25) is 9.59 Å². The zero-order chi connectivity index (χ0) is 18.1. The Labute approximate surface area is 162 Å². The molecule has 0 unspecified atom stereocenters. The lowest BCUT2D eigenvalue weighted by atomic mass is 10.1. The van der Waals surface area contributed by atoms with Crippen LogP contribution in [0.25, 0.3) is 0 Å². The Bertz CT molecular complexity index is 1020. The van der Waals surface area contributed by atoms with Crippen molar-refractivity contribution in [3.05, 3.63) is 69.1 Å². The van der Waals surface area contributed by atoms with E-state index in [0.717, 1.165) is 14.7 Å². The van der Waals surface area contributed by atoms with E-state index < -0.39 is 0 Å². The molecule has 2 heterocycles. The number of nitrogens with one attached hydrogen (secondary N) is 2. The summed E-state index contributed by atoms with van der Waals surface area (Å²) in [6, 6.07) is 12.7. The van der Waals surface area contributed by atoms with Crippen LogP contribution in [0.3, 0.4) is 0 Å². The monoisotopic (exact) mass is 401 g/mol. The first-order valence-corrected chi connectivity index (χ1v) is 9.77. The van der Waals surface area contributed by atoms with E-state index in [-0.39, 0.29) is 11.8 Å². The second-order valence-electron chi connectivity index (χ2n) is 5.51. The van der Waals surface area contributed by atoms with Gasteiger partial charge in [-0.2, -0.15) is 0 Å². The molecule has 0 saturated heterocycles. The van der Waals surface area contributed by atoms with E-state index in [1.54, 1.807) is 23.7 Å². The van der Waals surface area contributed by atoms with Gasteiger partial charge in [0.15, 0.2) is 0 Å². The van der Waals surface area contributed by atoms with E-state index in [2.05, 4.69) is 15.6 Å². The predicted octanol–water partition coefficient (Wildman–Crippen LogP) is 4.44. The molecule has 0 aliphatic carbocycles. The van der Waals surface area contributed by atoms with Gasteiger partial charge in [-0.05, 0) is 30.3 Å². The van der Waals surface area contributed by atoms with Crippen molar-refractivity contribution in [1.29, 1.82) is 0 Å². The number of benzene rings is 2. The third-order valence-corrected chi connectivity index (χ3v) is 6.26. The molecule has 4 rings (SSSR count). The number of hydrogen-bond donors (Lipinski definition) is 2. The number of hydrogen-bond acceptors (Lipinski definition) is 5. The summed E-state index contributed by atoms with van der Waals surface area (Å²) in [4.78, 5) is 31.4. The molecular formula is C18H12ClN3O2S2. The number of anilines is 1. The fraction of sp³-hybridized carbons (Fsp3) is 0.0556. The van der Waals surface area contributed by atoms with Gasteiger partial charge >= 0.3 is 0 Å². The Kier molecular flexibility index (Phi) is 4.67. The van der Waals surface area contributed by atoms with Gasteiger partial charge < -0.3 is 10.6 Å². The number of carbonyl (C=O) groups is 2. The van der Waals surface area contributed by atoms with Crippen molar-refractivity contribution < 1.29 is 9.59 Å². The highest BCUT2D eigenvalue weighted by molar-refractivity contribution is 7.99. The topological polar surface area (TPSA) is 71.1 Å². The van der Waals surface area contributed by atoms with Crippen LogP contribution in [0.1, 0.15) is 25.6 Å². The molecular weight excluding hydrogens is 390 g/mol. The Hall–Kier alpha value is -2.35. The van der Waals surface area contributed by atoms with E-state index in [1.165, 1.54) is 23.1 Å². The molecule has 2 N–H and O–H groups in total. The normalized spacial score (nSPS) is 12.6. The fourth-order valence-corrected chi connectivity index (χ4v) is 4.45. The SMILES string of the molecule is O=C(NCc1scnc1Cl)c1ccc2c(c1)NC(=O)c1ccccc1S2. The summed E-state index contributed by atoms with van der Waals surface area (Å²) in [6.07, 6.45) is 0. The van der Waals surface area contributed by atoms with Crippen LogP contribution >= 0.6 is 34.7 Å². The van der Waals surface area contributed by atoms with Crippen LogP contribution in [0.2, 0.25) is 5.15 Å². The third kappa shape index (κ3) is 3.33. The molecule has 1 aromatic heterocycles. The van der Waals surface area contributed by atoms with Crippen molar-refractivity contribution in [3.8, 4) is 0 Å². The Morgan fingerprint density at radius 1 is 1.19 bits per heavy atom. The molecule has 0 radical (unpaired) electrons. The third-order valence-electron chi connectivity index (χ3n) is 3.84. The van der Waals surface area contributed by atoms with Crippen LogP contribution in [0, 0.1) is 0 Å². The van der Waals surface area contributed by atoms with Crippen molar-refractivity contribution in [3.63, 3.8) is 0 Å². The first-order valence-electron chi connectivity index (χ1n) is 7.70. The second-order valence-corrected chi connectivity index (χ2v) is 7.89. The van der Waals surface area contributed by atoms with Crippen molar-refractivity contribution >= 4 is 52.2 Å². The standard InChI is InChI=1S/C18H12ClN3O2S2/c19-16-15(25-9-21-16)8-20-17(23)10-5-6-14-12(7-10)22-18(24)11-3-1-2-4-13(11)26-14/h1-7,9H,8H2,(H,20,23)(H,22,24). The van der Waals surface area contributed by atoms with E-state index in [4.69, 9.17) is 11.6 Å². The fourth-order valence-electron chi connectivity index (χ4n) is 2.54. The molecule has 130 valence electrons. The van der Waals surface area contributed by atoms with Gasteiger partial charge in [0.2, 0.25) is 0 Å². The maximum atomic E-state index is 12.4. The Morgan fingerprint density at radius 2 is 2.04 bits per heavy atom. The lowest BCUT2D eigenvalue weighted by molar-refractivity contribution is 0.0950. The first kappa shape index (κ1) is 17.1. The highest BCUT2D eigenvalue weighted by Gasteiger charge is 2.20. The van der Waals surface area contributed by atoms with Crippen molar-refractivity contribution in [2.24, 2.45) is 0 Å². The smallest absolute Gasteiger partial charge is 0.256 e. The molecule has 26 heavy (non-hydrogen) atoms. The average molecular weight is 402 g/mol. The summed E-state index contributed by atoms with van der Waals surface area (Å²) >= 11 is 8.83. The average Bonchev–Trinajstić information content (AvgIpc) is 2.99. The molecule has 0 atom stereocenters. The first-order chi connectivity index (χ1) is 12.6. The second kappa shape index (κ2) is 7.11. The molecule has 2 amide bonds. The number of rotatable bonds is 3. The van der Waals surface area contributed by atoms with Gasteiger partial charge in [-0.15, -0.1) is 11.3 Å². The minimum atomic E-state index is -0.238. The van der Waals surface area contributed by atoms with Gasteiger partial charge in [-0.1, -0.05) is 35.5 Å². The Morgan fingerprint density at radius 3 is 2.85 bits per heavy atom. The molecule has 1 aliphatic rings. The number of nitrogens with zero attached hydrogens (tertiary/aromatic N) is 1. The van der Waals surface area contributed by atoms with Crippen LogP contribution in [-0.2, 0) is 6.54 Å². The zero-order valence-electron chi connectivity index (χ0n) is 13.3. The number of amides is 2. The largest absolute Gasteiger partial charge is 0.347 e. The molecule has 0 fully saturated rings. The Balaban J connectivity index is 1.56. The van der Waals surface area contributed by atoms with Crippen LogP contribution in [0.4, 0.5) is 5.69 Å². The minimum absolute atomic E-state index is 0.180. The summed E-state index contributed by atoms with van der Waals surface area (Å²) in [5.41, 5.74) is 3.35. The van der Waals surface area contributed by atoms with Crippen molar-refractivity contribution in [2.75, 3.05) is 5.32 Å².